The Kier molecular flexibility index (Phi) is 5.76. The zero-order valence-electron chi connectivity index (χ0n) is 12.8. The standard InChI is InChI=1S/C17H26N2O2/c1-14(15-7-3-2-4-8-15)19-16(21)9-12-18-17(13-20)10-5-6-11-17/h2-4,7-8,14,18,20H,5-6,9-13H2,1H3,(H,19,21)/t14-/m0/s1. The van der Waals surface area contributed by atoms with Gasteiger partial charge in [0, 0.05) is 18.5 Å². The molecule has 1 aliphatic rings. The molecule has 0 spiro atoms. The average Bonchev–Trinajstić information content (AvgIpc) is 2.97. The predicted molar refractivity (Wildman–Crippen MR) is 83.9 cm³/mol. The Morgan fingerprint density at radius 3 is 2.57 bits per heavy atom. The van der Waals surface area contributed by atoms with Crippen molar-refractivity contribution in [2.24, 2.45) is 0 Å². The Morgan fingerprint density at radius 2 is 1.95 bits per heavy atom. The molecule has 4 nitrogen and oxygen atoms in total. The molecule has 1 saturated carbocycles. The number of amides is 1. The maximum absolute atomic E-state index is 12.0. The fourth-order valence-corrected chi connectivity index (χ4v) is 3.02. The van der Waals surface area contributed by atoms with Gasteiger partial charge in [-0.2, -0.15) is 0 Å². The van der Waals surface area contributed by atoms with E-state index in [1.807, 2.05) is 37.3 Å². The van der Waals surface area contributed by atoms with Crippen molar-refractivity contribution < 1.29 is 9.90 Å². The van der Waals surface area contributed by atoms with Crippen molar-refractivity contribution in [2.45, 2.75) is 50.6 Å². The smallest absolute Gasteiger partial charge is 0.221 e. The molecular weight excluding hydrogens is 264 g/mol. The average molecular weight is 290 g/mol. The van der Waals surface area contributed by atoms with E-state index in [2.05, 4.69) is 10.6 Å². The van der Waals surface area contributed by atoms with Gasteiger partial charge < -0.3 is 15.7 Å². The van der Waals surface area contributed by atoms with Crippen LogP contribution in [0.15, 0.2) is 30.3 Å². The molecule has 1 aliphatic carbocycles. The van der Waals surface area contributed by atoms with Gasteiger partial charge in [0.05, 0.1) is 12.6 Å². The highest BCUT2D eigenvalue weighted by molar-refractivity contribution is 5.76. The van der Waals surface area contributed by atoms with Gasteiger partial charge in [0.2, 0.25) is 5.91 Å². The second-order valence-corrected chi connectivity index (χ2v) is 6.02. The number of carbonyl (C=O) groups excluding carboxylic acids is 1. The van der Waals surface area contributed by atoms with Crippen molar-refractivity contribution in [1.82, 2.24) is 10.6 Å². The number of rotatable bonds is 7. The van der Waals surface area contributed by atoms with Gasteiger partial charge in [0.15, 0.2) is 0 Å². The molecule has 0 aliphatic heterocycles. The lowest BCUT2D eigenvalue weighted by Crippen LogP contribution is -2.47. The quantitative estimate of drug-likeness (QED) is 0.721. The highest BCUT2D eigenvalue weighted by atomic mass is 16.3. The maximum atomic E-state index is 12.0. The lowest BCUT2D eigenvalue weighted by Gasteiger charge is -2.28. The van der Waals surface area contributed by atoms with Gasteiger partial charge in [-0.3, -0.25) is 4.79 Å². The molecule has 116 valence electrons. The molecule has 1 fully saturated rings. The maximum Gasteiger partial charge on any atom is 0.221 e. The molecule has 1 aromatic rings. The van der Waals surface area contributed by atoms with E-state index in [1.165, 1.54) is 0 Å². The molecule has 0 bridgehead atoms. The number of carbonyl (C=O) groups is 1. The monoisotopic (exact) mass is 290 g/mol. The van der Waals surface area contributed by atoms with Crippen LogP contribution in [0.25, 0.3) is 0 Å². The molecule has 3 N–H and O–H groups in total. The van der Waals surface area contributed by atoms with E-state index < -0.39 is 0 Å². The van der Waals surface area contributed by atoms with Gasteiger partial charge in [0.25, 0.3) is 0 Å². The first-order chi connectivity index (χ1) is 10.2. The third kappa shape index (κ3) is 4.55. The van der Waals surface area contributed by atoms with E-state index in [1.54, 1.807) is 0 Å². The fourth-order valence-electron chi connectivity index (χ4n) is 3.02. The molecule has 4 heteroatoms. The summed E-state index contributed by atoms with van der Waals surface area (Å²) in [6.07, 6.45) is 4.77. The van der Waals surface area contributed by atoms with Crippen molar-refractivity contribution in [3.05, 3.63) is 35.9 Å². The predicted octanol–water partition coefficient (Wildman–Crippen LogP) is 2.15. The van der Waals surface area contributed by atoms with Crippen LogP contribution in [0.5, 0.6) is 0 Å². The molecule has 0 saturated heterocycles. The molecule has 1 amide bonds. The summed E-state index contributed by atoms with van der Waals surface area (Å²) in [6.45, 7) is 2.77. The Balaban J connectivity index is 1.72. The summed E-state index contributed by atoms with van der Waals surface area (Å²) in [5.41, 5.74) is 0.965. The highest BCUT2D eigenvalue weighted by Crippen LogP contribution is 2.28. The molecule has 0 radical (unpaired) electrons. The number of hydrogen-bond donors (Lipinski definition) is 3. The number of aliphatic hydroxyl groups is 1. The van der Waals surface area contributed by atoms with Gasteiger partial charge in [0.1, 0.15) is 0 Å². The molecular formula is C17H26N2O2. The number of benzene rings is 1. The van der Waals surface area contributed by atoms with Crippen molar-refractivity contribution in [2.75, 3.05) is 13.2 Å². The summed E-state index contributed by atoms with van der Waals surface area (Å²) in [5.74, 6) is 0.0462. The zero-order chi connectivity index (χ0) is 15.1. The SMILES string of the molecule is C[C@H](NC(=O)CCNC1(CO)CCCC1)c1ccccc1. The van der Waals surface area contributed by atoms with E-state index in [0.717, 1.165) is 31.2 Å². The lowest BCUT2D eigenvalue weighted by atomic mass is 9.99. The normalized spacial score (nSPS) is 18.4. The lowest BCUT2D eigenvalue weighted by molar-refractivity contribution is -0.121. The Labute approximate surface area is 126 Å². The Morgan fingerprint density at radius 1 is 1.29 bits per heavy atom. The first-order valence-corrected chi connectivity index (χ1v) is 7.85. The summed E-state index contributed by atoms with van der Waals surface area (Å²) < 4.78 is 0. The molecule has 1 atom stereocenters. The Bertz CT molecular complexity index is 441. The van der Waals surface area contributed by atoms with Gasteiger partial charge in [-0.05, 0) is 25.3 Å². The highest BCUT2D eigenvalue weighted by Gasteiger charge is 2.32. The van der Waals surface area contributed by atoms with Gasteiger partial charge >= 0.3 is 0 Å². The van der Waals surface area contributed by atoms with Crippen LogP contribution in [0.2, 0.25) is 0 Å². The van der Waals surface area contributed by atoms with Crippen LogP contribution in [-0.2, 0) is 4.79 Å². The molecule has 0 aromatic heterocycles. The fraction of sp³-hybridized carbons (Fsp3) is 0.588. The van der Waals surface area contributed by atoms with E-state index >= 15 is 0 Å². The first kappa shape index (κ1) is 16.0. The molecule has 0 heterocycles. The van der Waals surface area contributed by atoms with Crippen LogP contribution in [0.1, 0.15) is 50.6 Å². The van der Waals surface area contributed by atoms with Crippen LogP contribution in [0.4, 0.5) is 0 Å². The zero-order valence-corrected chi connectivity index (χ0v) is 12.8. The van der Waals surface area contributed by atoms with E-state index in [9.17, 15) is 9.90 Å². The summed E-state index contributed by atoms with van der Waals surface area (Å²) in [7, 11) is 0. The minimum atomic E-state index is -0.147. The molecule has 0 unspecified atom stereocenters. The molecule has 2 rings (SSSR count). The molecule has 1 aromatic carbocycles. The van der Waals surface area contributed by atoms with Crippen LogP contribution in [0, 0.1) is 0 Å². The van der Waals surface area contributed by atoms with Crippen LogP contribution in [0.3, 0.4) is 0 Å². The number of nitrogens with one attached hydrogen (secondary N) is 2. The summed E-state index contributed by atoms with van der Waals surface area (Å²) in [6, 6.07) is 9.98. The van der Waals surface area contributed by atoms with Crippen LogP contribution >= 0.6 is 0 Å². The largest absolute Gasteiger partial charge is 0.394 e. The number of hydrogen-bond acceptors (Lipinski definition) is 3. The number of aliphatic hydroxyl groups excluding tert-OH is 1. The summed E-state index contributed by atoms with van der Waals surface area (Å²) in [5, 5.41) is 15.9. The van der Waals surface area contributed by atoms with Crippen molar-refractivity contribution in [3.63, 3.8) is 0 Å². The van der Waals surface area contributed by atoms with E-state index in [0.29, 0.717) is 13.0 Å². The summed E-state index contributed by atoms with van der Waals surface area (Å²) in [4.78, 5) is 12.0. The molecule has 21 heavy (non-hydrogen) atoms. The van der Waals surface area contributed by atoms with Gasteiger partial charge in [-0.25, -0.2) is 0 Å². The minimum absolute atomic E-state index is 0.0250. The summed E-state index contributed by atoms with van der Waals surface area (Å²) >= 11 is 0. The second kappa shape index (κ2) is 7.57. The minimum Gasteiger partial charge on any atom is -0.394 e. The van der Waals surface area contributed by atoms with Crippen molar-refractivity contribution in [1.29, 1.82) is 0 Å². The van der Waals surface area contributed by atoms with Gasteiger partial charge in [-0.1, -0.05) is 43.2 Å². The Hall–Kier alpha value is -1.39. The van der Waals surface area contributed by atoms with Gasteiger partial charge in [-0.15, -0.1) is 0 Å². The van der Waals surface area contributed by atoms with E-state index in [4.69, 9.17) is 0 Å². The van der Waals surface area contributed by atoms with Crippen molar-refractivity contribution >= 4 is 5.91 Å². The van der Waals surface area contributed by atoms with Crippen LogP contribution < -0.4 is 10.6 Å². The van der Waals surface area contributed by atoms with Crippen LogP contribution in [-0.4, -0.2) is 29.7 Å². The second-order valence-electron chi connectivity index (χ2n) is 6.02. The van der Waals surface area contributed by atoms with E-state index in [-0.39, 0.29) is 24.1 Å². The third-order valence-electron chi connectivity index (χ3n) is 4.39. The van der Waals surface area contributed by atoms with Crippen molar-refractivity contribution in [3.8, 4) is 0 Å². The first-order valence-electron chi connectivity index (χ1n) is 7.85. The third-order valence-corrected chi connectivity index (χ3v) is 4.39. The topological polar surface area (TPSA) is 61.4 Å².